The fourth-order valence-corrected chi connectivity index (χ4v) is 2.15. The predicted octanol–water partition coefficient (Wildman–Crippen LogP) is 2.12. The Morgan fingerprint density at radius 1 is 1.31 bits per heavy atom. The number of rotatable bonds is 2. The molecular formula is C13H14N2O. The molecule has 1 aromatic rings. The third-order valence-electron chi connectivity index (χ3n) is 3.03. The fourth-order valence-electron chi connectivity index (χ4n) is 2.15. The van der Waals surface area contributed by atoms with Crippen molar-refractivity contribution in [3.05, 3.63) is 29.8 Å². The van der Waals surface area contributed by atoms with Crippen molar-refractivity contribution in [2.24, 2.45) is 0 Å². The van der Waals surface area contributed by atoms with Crippen LogP contribution >= 0.6 is 0 Å². The van der Waals surface area contributed by atoms with Crippen LogP contribution in [0.1, 0.15) is 24.8 Å². The maximum Gasteiger partial charge on any atom is 0.142 e. The first kappa shape index (κ1) is 10.7. The van der Waals surface area contributed by atoms with E-state index in [4.69, 9.17) is 5.26 Å². The lowest BCUT2D eigenvalue weighted by atomic mass is 10.0. The van der Waals surface area contributed by atoms with E-state index in [9.17, 15) is 4.79 Å². The molecule has 0 bridgehead atoms. The molecule has 1 saturated heterocycles. The van der Waals surface area contributed by atoms with Crippen LogP contribution in [0.25, 0.3) is 0 Å². The van der Waals surface area contributed by atoms with Crippen molar-refractivity contribution in [2.75, 3.05) is 11.4 Å². The van der Waals surface area contributed by atoms with Gasteiger partial charge >= 0.3 is 0 Å². The van der Waals surface area contributed by atoms with Gasteiger partial charge in [0.25, 0.3) is 0 Å². The molecule has 0 amide bonds. The van der Waals surface area contributed by atoms with Crippen LogP contribution < -0.4 is 4.90 Å². The fraction of sp³-hybridized carbons (Fsp3) is 0.385. The van der Waals surface area contributed by atoms with Crippen LogP contribution in [-0.4, -0.2) is 18.9 Å². The predicted molar refractivity (Wildman–Crippen MR) is 62.2 cm³/mol. The number of carbonyl (C=O) groups excluding carboxylic acids is 1. The highest BCUT2D eigenvalue weighted by molar-refractivity contribution is 5.66. The van der Waals surface area contributed by atoms with E-state index in [2.05, 4.69) is 11.0 Å². The molecule has 1 unspecified atom stereocenters. The zero-order valence-corrected chi connectivity index (χ0v) is 9.10. The van der Waals surface area contributed by atoms with Crippen molar-refractivity contribution in [1.82, 2.24) is 0 Å². The van der Waals surface area contributed by atoms with E-state index in [0.717, 1.165) is 37.8 Å². The third kappa shape index (κ3) is 2.06. The van der Waals surface area contributed by atoms with Gasteiger partial charge in [-0.1, -0.05) is 0 Å². The van der Waals surface area contributed by atoms with Gasteiger partial charge in [0.2, 0.25) is 0 Å². The van der Waals surface area contributed by atoms with Crippen LogP contribution in [0.5, 0.6) is 0 Å². The summed E-state index contributed by atoms with van der Waals surface area (Å²) in [6.07, 6.45) is 4.21. The minimum absolute atomic E-state index is 0.00156. The highest BCUT2D eigenvalue weighted by Gasteiger charge is 2.21. The molecule has 0 N–H and O–H groups in total. The van der Waals surface area contributed by atoms with Gasteiger partial charge in [0.05, 0.1) is 17.7 Å². The Balaban J connectivity index is 2.21. The average molecular weight is 214 g/mol. The highest BCUT2D eigenvalue weighted by Crippen LogP contribution is 2.23. The Hall–Kier alpha value is -1.82. The molecule has 1 heterocycles. The van der Waals surface area contributed by atoms with Gasteiger partial charge in [0.1, 0.15) is 6.29 Å². The molecule has 1 aromatic carbocycles. The lowest BCUT2D eigenvalue weighted by Gasteiger charge is -2.34. The number of nitrogens with zero attached hydrogens (tertiary/aromatic N) is 2. The Bertz CT molecular complexity index is 405. The first-order valence-electron chi connectivity index (χ1n) is 5.57. The molecule has 0 aliphatic carbocycles. The average Bonchev–Trinajstić information content (AvgIpc) is 2.39. The molecule has 1 aliphatic rings. The molecule has 0 spiro atoms. The minimum atomic E-state index is 0.00156. The summed E-state index contributed by atoms with van der Waals surface area (Å²) in [4.78, 5) is 13.1. The maximum absolute atomic E-state index is 11.0. The topological polar surface area (TPSA) is 44.1 Å². The second kappa shape index (κ2) is 4.80. The van der Waals surface area contributed by atoms with Gasteiger partial charge in [-0.25, -0.2) is 0 Å². The Morgan fingerprint density at radius 3 is 2.69 bits per heavy atom. The molecule has 1 aliphatic heterocycles. The van der Waals surface area contributed by atoms with Crippen molar-refractivity contribution < 1.29 is 4.79 Å². The van der Waals surface area contributed by atoms with E-state index in [1.165, 1.54) is 0 Å². The van der Waals surface area contributed by atoms with E-state index in [1.54, 1.807) is 12.1 Å². The zero-order chi connectivity index (χ0) is 11.4. The summed E-state index contributed by atoms with van der Waals surface area (Å²) in [5.41, 5.74) is 1.69. The van der Waals surface area contributed by atoms with E-state index in [0.29, 0.717) is 5.56 Å². The summed E-state index contributed by atoms with van der Waals surface area (Å²) in [6.45, 7) is 0.926. The summed E-state index contributed by atoms with van der Waals surface area (Å²) in [7, 11) is 0. The molecule has 3 nitrogen and oxygen atoms in total. The van der Waals surface area contributed by atoms with E-state index in [-0.39, 0.29) is 6.04 Å². The van der Waals surface area contributed by atoms with Gasteiger partial charge in [-0.2, -0.15) is 5.26 Å². The number of anilines is 1. The van der Waals surface area contributed by atoms with Gasteiger partial charge in [-0.15, -0.1) is 0 Å². The normalized spacial score (nSPS) is 20.2. The first-order chi connectivity index (χ1) is 7.85. The van der Waals surface area contributed by atoms with Crippen LogP contribution in [0.2, 0.25) is 0 Å². The molecule has 82 valence electrons. The molecule has 3 heteroatoms. The summed E-state index contributed by atoms with van der Waals surface area (Å²) in [5, 5.41) is 8.72. The highest BCUT2D eigenvalue weighted by atomic mass is 16.1. The van der Waals surface area contributed by atoms with Gasteiger partial charge in [-0.3, -0.25) is 0 Å². The number of hydrogen-bond donors (Lipinski definition) is 0. The van der Waals surface area contributed by atoms with Crippen molar-refractivity contribution >= 4 is 12.0 Å². The van der Waals surface area contributed by atoms with Crippen LogP contribution in [0.15, 0.2) is 24.3 Å². The molecule has 0 radical (unpaired) electrons. The van der Waals surface area contributed by atoms with Crippen molar-refractivity contribution in [2.45, 2.75) is 25.3 Å². The minimum Gasteiger partial charge on any atom is -0.362 e. The largest absolute Gasteiger partial charge is 0.362 e. The maximum atomic E-state index is 11.0. The monoisotopic (exact) mass is 214 g/mol. The van der Waals surface area contributed by atoms with Crippen molar-refractivity contribution in [1.29, 1.82) is 5.26 Å². The number of benzene rings is 1. The van der Waals surface area contributed by atoms with Crippen LogP contribution in [0, 0.1) is 11.3 Å². The van der Waals surface area contributed by atoms with Gasteiger partial charge in [0, 0.05) is 12.2 Å². The smallest absolute Gasteiger partial charge is 0.142 e. The van der Waals surface area contributed by atoms with Gasteiger partial charge in [0.15, 0.2) is 0 Å². The molecule has 16 heavy (non-hydrogen) atoms. The SMILES string of the molecule is N#Cc1ccc(N2CCCCC2C=O)cc1. The second-order valence-electron chi connectivity index (χ2n) is 4.05. The third-order valence-corrected chi connectivity index (χ3v) is 3.03. The molecule has 0 saturated carbocycles. The Morgan fingerprint density at radius 2 is 2.06 bits per heavy atom. The van der Waals surface area contributed by atoms with E-state index in [1.807, 2.05) is 12.1 Å². The van der Waals surface area contributed by atoms with Crippen molar-refractivity contribution in [3.63, 3.8) is 0 Å². The zero-order valence-electron chi connectivity index (χ0n) is 9.10. The Labute approximate surface area is 95.3 Å². The number of carbonyl (C=O) groups is 1. The van der Waals surface area contributed by atoms with E-state index >= 15 is 0 Å². The van der Waals surface area contributed by atoms with Gasteiger partial charge in [-0.05, 0) is 43.5 Å². The lowest BCUT2D eigenvalue weighted by Crippen LogP contribution is -2.40. The van der Waals surface area contributed by atoms with Gasteiger partial charge < -0.3 is 9.69 Å². The molecule has 2 rings (SSSR count). The Kier molecular flexibility index (Phi) is 3.21. The molecule has 0 aromatic heterocycles. The number of hydrogen-bond acceptors (Lipinski definition) is 3. The standard InChI is InChI=1S/C13H14N2O/c14-9-11-4-6-12(7-5-11)15-8-2-1-3-13(15)10-16/h4-7,10,13H,1-3,8H2. The lowest BCUT2D eigenvalue weighted by molar-refractivity contribution is -0.109. The summed E-state index contributed by atoms with van der Waals surface area (Å²) in [5.74, 6) is 0. The second-order valence-corrected chi connectivity index (χ2v) is 4.05. The van der Waals surface area contributed by atoms with Crippen LogP contribution in [-0.2, 0) is 4.79 Å². The number of piperidine rings is 1. The van der Waals surface area contributed by atoms with E-state index < -0.39 is 0 Å². The quantitative estimate of drug-likeness (QED) is 0.708. The van der Waals surface area contributed by atoms with Crippen LogP contribution in [0.3, 0.4) is 0 Å². The summed E-state index contributed by atoms with van der Waals surface area (Å²) in [6, 6.07) is 9.52. The summed E-state index contributed by atoms with van der Waals surface area (Å²) >= 11 is 0. The molecular weight excluding hydrogens is 200 g/mol. The number of nitriles is 1. The number of aldehydes is 1. The van der Waals surface area contributed by atoms with Crippen molar-refractivity contribution in [3.8, 4) is 6.07 Å². The van der Waals surface area contributed by atoms with Crippen LogP contribution in [0.4, 0.5) is 5.69 Å². The molecule has 1 fully saturated rings. The summed E-state index contributed by atoms with van der Waals surface area (Å²) < 4.78 is 0. The first-order valence-corrected chi connectivity index (χ1v) is 5.57. The molecule has 1 atom stereocenters.